The Morgan fingerprint density at radius 1 is 1.32 bits per heavy atom. The molecule has 0 aliphatic heterocycles. The Morgan fingerprint density at radius 2 is 2.11 bits per heavy atom. The molecule has 2 aliphatic carbocycles. The van der Waals surface area contributed by atoms with Gasteiger partial charge in [0.25, 0.3) is 0 Å². The molecule has 28 heavy (non-hydrogen) atoms. The highest BCUT2D eigenvalue weighted by atomic mass is 32.2. The van der Waals surface area contributed by atoms with Crippen molar-refractivity contribution < 1.29 is 10.2 Å². The minimum Gasteiger partial charge on any atom is -0.392 e. The molecule has 3 nitrogen and oxygen atoms in total. The summed E-state index contributed by atoms with van der Waals surface area (Å²) in [6, 6.07) is 0. The molecule has 0 heterocycles. The van der Waals surface area contributed by atoms with Crippen molar-refractivity contribution in [1.29, 1.82) is 0 Å². The monoisotopic (exact) mass is 409 g/mol. The fourth-order valence-corrected chi connectivity index (χ4v) is 5.77. The number of hydrogen-bond acceptors (Lipinski definition) is 4. The molecular formula is C24H43NO2S. The molecule has 0 saturated heterocycles. The zero-order chi connectivity index (χ0) is 20.5. The van der Waals surface area contributed by atoms with Gasteiger partial charge >= 0.3 is 0 Å². The van der Waals surface area contributed by atoms with Gasteiger partial charge in [0.1, 0.15) is 0 Å². The molecule has 162 valence electrons. The van der Waals surface area contributed by atoms with E-state index >= 15 is 0 Å². The Bertz CT molecular complexity index is 505. The lowest BCUT2D eigenvalue weighted by atomic mass is 9.88. The van der Waals surface area contributed by atoms with E-state index < -0.39 is 0 Å². The number of unbranched alkanes of at least 4 members (excludes halogenated alkanes) is 1. The number of hydrogen-bond donors (Lipinski definition) is 2. The van der Waals surface area contributed by atoms with Crippen LogP contribution < -0.4 is 0 Å². The van der Waals surface area contributed by atoms with Crippen molar-refractivity contribution in [2.24, 2.45) is 23.7 Å². The van der Waals surface area contributed by atoms with Gasteiger partial charge in [-0.2, -0.15) is 11.8 Å². The van der Waals surface area contributed by atoms with Gasteiger partial charge in [0.05, 0.1) is 12.2 Å². The summed E-state index contributed by atoms with van der Waals surface area (Å²) in [5.74, 6) is 4.20. The Morgan fingerprint density at radius 3 is 2.82 bits per heavy atom. The largest absolute Gasteiger partial charge is 0.392 e. The van der Waals surface area contributed by atoms with Crippen LogP contribution >= 0.6 is 11.8 Å². The lowest BCUT2D eigenvalue weighted by molar-refractivity contribution is 0.139. The quantitative estimate of drug-likeness (QED) is 0.340. The van der Waals surface area contributed by atoms with Crippen molar-refractivity contribution in [2.75, 3.05) is 32.1 Å². The zero-order valence-electron chi connectivity index (χ0n) is 18.5. The normalized spacial score (nSPS) is 29.5. The predicted octanol–water partition coefficient (Wildman–Crippen LogP) is 4.75. The van der Waals surface area contributed by atoms with Crippen LogP contribution in [-0.4, -0.2) is 59.5 Å². The first-order valence-electron chi connectivity index (χ1n) is 11.4. The third-order valence-corrected chi connectivity index (χ3v) is 7.53. The van der Waals surface area contributed by atoms with Crippen LogP contribution in [-0.2, 0) is 0 Å². The molecule has 0 spiro atoms. The van der Waals surface area contributed by atoms with Crippen LogP contribution in [0.3, 0.4) is 0 Å². The highest BCUT2D eigenvalue weighted by Gasteiger charge is 2.43. The maximum atomic E-state index is 10.5. The van der Waals surface area contributed by atoms with Crippen molar-refractivity contribution in [1.82, 2.24) is 4.90 Å². The molecule has 0 radical (unpaired) electrons. The molecule has 2 rings (SSSR count). The first-order valence-corrected chi connectivity index (χ1v) is 12.5. The summed E-state index contributed by atoms with van der Waals surface area (Å²) in [4.78, 5) is 2.25. The molecule has 2 N–H and O–H groups in total. The van der Waals surface area contributed by atoms with E-state index in [1.54, 1.807) is 5.57 Å². The first-order chi connectivity index (χ1) is 13.4. The van der Waals surface area contributed by atoms with Gasteiger partial charge in [0.2, 0.25) is 0 Å². The van der Waals surface area contributed by atoms with E-state index in [9.17, 15) is 10.2 Å². The van der Waals surface area contributed by atoms with E-state index in [1.165, 1.54) is 31.4 Å². The van der Waals surface area contributed by atoms with Crippen LogP contribution in [0.15, 0.2) is 23.8 Å². The van der Waals surface area contributed by atoms with Crippen LogP contribution in [0.25, 0.3) is 0 Å². The molecule has 0 aromatic carbocycles. The number of nitrogens with zero attached hydrogens (tertiary/aromatic N) is 1. The fourth-order valence-electron chi connectivity index (χ4n) is 4.82. The van der Waals surface area contributed by atoms with Gasteiger partial charge < -0.3 is 15.1 Å². The highest BCUT2D eigenvalue weighted by molar-refractivity contribution is 7.99. The minimum absolute atomic E-state index is 0.207. The number of fused-ring (bicyclic) bond motifs is 1. The SMILES string of the molecule is CCCC[C@H](C)C[C@H](O)C=C[C@@H]1[C@H]2CC(CSCCCN(C)C)=C[C@H]2C[C@H]1O. The van der Waals surface area contributed by atoms with Crippen molar-refractivity contribution >= 4 is 11.8 Å². The number of rotatable bonds is 13. The smallest absolute Gasteiger partial charge is 0.0723 e. The third kappa shape index (κ3) is 7.85. The van der Waals surface area contributed by atoms with Gasteiger partial charge in [-0.1, -0.05) is 56.9 Å². The fraction of sp³-hybridized carbons (Fsp3) is 0.833. The number of thioether (sulfide) groups is 1. The molecule has 0 amide bonds. The minimum atomic E-state index is -0.376. The van der Waals surface area contributed by atoms with Gasteiger partial charge in [-0.25, -0.2) is 0 Å². The molecule has 0 aromatic rings. The van der Waals surface area contributed by atoms with Crippen molar-refractivity contribution in [2.45, 2.75) is 71.0 Å². The van der Waals surface area contributed by atoms with Gasteiger partial charge in [0, 0.05) is 11.7 Å². The number of aliphatic hydroxyl groups is 2. The molecule has 0 unspecified atom stereocenters. The number of aliphatic hydroxyl groups excluding tert-OH is 2. The lowest BCUT2D eigenvalue weighted by Crippen LogP contribution is -2.18. The summed E-state index contributed by atoms with van der Waals surface area (Å²) < 4.78 is 0. The van der Waals surface area contributed by atoms with E-state index in [-0.39, 0.29) is 18.1 Å². The zero-order valence-corrected chi connectivity index (χ0v) is 19.3. The lowest BCUT2D eigenvalue weighted by Gasteiger charge is -2.19. The van der Waals surface area contributed by atoms with E-state index in [0.717, 1.165) is 31.6 Å². The van der Waals surface area contributed by atoms with Crippen molar-refractivity contribution in [3.63, 3.8) is 0 Å². The Kier molecular flexibility index (Phi) is 10.6. The van der Waals surface area contributed by atoms with Gasteiger partial charge in [0.15, 0.2) is 0 Å². The molecule has 6 atom stereocenters. The van der Waals surface area contributed by atoms with Gasteiger partial charge in [-0.15, -0.1) is 0 Å². The molecule has 0 bridgehead atoms. The molecule has 4 heteroatoms. The van der Waals surface area contributed by atoms with E-state index in [1.807, 2.05) is 17.8 Å². The molecule has 0 aromatic heterocycles. The van der Waals surface area contributed by atoms with Crippen LogP contribution in [0.5, 0.6) is 0 Å². The molecule has 1 saturated carbocycles. The second kappa shape index (κ2) is 12.4. The maximum Gasteiger partial charge on any atom is 0.0723 e. The van der Waals surface area contributed by atoms with Crippen LogP contribution in [0.2, 0.25) is 0 Å². The van der Waals surface area contributed by atoms with Crippen molar-refractivity contribution in [3.8, 4) is 0 Å². The summed E-state index contributed by atoms with van der Waals surface area (Å²) >= 11 is 2.05. The van der Waals surface area contributed by atoms with E-state index in [2.05, 4.69) is 45.0 Å². The predicted molar refractivity (Wildman–Crippen MR) is 123 cm³/mol. The molecule has 2 aliphatic rings. The highest BCUT2D eigenvalue weighted by Crippen LogP contribution is 2.47. The van der Waals surface area contributed by atoms with Crippen LogP contribution in [0.4, 0.5) is 0 Å². The van der Waals surface area contributed by atoms with Crippen LogP contribution in [0, 0.1) is 23.7 Å². The summed E-state index contributed by atoms with van der Waals surface area (Å²) in [5, 5.41) is 20.9. The molecular weight excluding hydrogens is 366 g/mol. The summed E-state index contributed by atoms with van der Waals surface area (Å²) in [5.41, 5.74) is 1.57. The molecule has 1 fully saturated rings. The second-order valence-electron chi connectivity index (χ2n) is 9.38. The Hall–Kier alpha value is -0.290. The van der Waals surface area contributed by atoms with Crippen LogP contribution in [0.1, 0.15) is 58.8 Å². The second-order valence-corrected chi connectivity index (χ2v) is 10.5. The maximum absolute atomic E-state index is 10.5. The Labute approximate surface area is 177 Å². The summed E-state index contributed by atoms with van der Waals surface area (Å²) in [6.45, 7) is 5.61. The Balaban J connectivity index is 1.75. The number of allylic oxidation sites excluding steroid dienone is 1. The average Bonchev–Trinajstić information content (AvgIpc) is 3.14. The van der Waals surface area contributed by atoms with Gasteiger partial charge in [-0.3, -0.25) is 0 Å². The average molecular weight is 410 g/mol. The summed E-state index contributed by atoms with van der Waals surface area (Å²) in [6.07, 6.45) is 13.7. The summed E-state index contributed by atoms with van der Waals surface area (Å²) in [7, 11) is 4.26. The standard InChI is InChI=1S/C24H43NO2S/c1-5-6-8-18(2)13-21(26)9-10-22-23-15-19(14-20(23)16-24(22)27)17-28-12-7-11-25(3)4/h9-10,14,18,20-24,26-27H,5-8,11-13,15-17H2,1-4H3/t18-,20-,21+,22+,23-,24+/m0/s1. The van der Waals surface area contributed by atoms with E-state index in [0.29, 0.717) is 17.8 Å². The van der Waals surface area contributed by atoms with Crippen molar-refractivity contribution in [3.05, 3.63) is 23.8 Å². The first kappa shape index (κ1) is 24.0. The topological polar surface area (TPSA) is 43.7 Å². The van der Waals surface area contributed by atoms with Gasteiger partial charge in [-0.05, 0) is 69.8 Å². The third-order valence-electron chi connectivity index (χ3n) is 6.38. The van der Waals surface area contributed by atoms with E-state index in [4.69, 9.17) is 0 Å².